The highest BCUT2D eigenvalue weighted by molar-refractivity contribution is 5.95. The lowest BCUT2D eigenvalue weighted by Crippen LogP contribution is -2.39. The van der Waals surface area contributed by atoms with Crippen LogP contribution in [0.1, 0.15) is 36.1 Å². The SMILES string of the molecule is Cc1cc(N2CCc3c(nc(OCCN(C)C)nc3N3CCC[C@@H](CC#N)C3)C2)c2ccccc2c1. The zero-order valence-corrected chi connectivity index (χ0v) is 21.7. The summed E-state index contributed by atoms with van der Waals surface area (Å²) in [5.41, 5.74) is 4.82. The molecule has 1 fully saturated rings. The first kappa shape index (κ1) is 24.3. The van der Waals surface area contributed by atoms with Crippen molar-refractivity contribution in [1.29, 1.82) is 5.26 Å². The third-order valence-electron chi connectivity index (χ3n) is 7.32. The largest absolute Gasteiger partial charge is 0.462 e. The van der Waals surface area contributed by atoms with Crippen LogP contribution < -0.4 is 14.5 Å². The van der Waals surface area contributed by atoms with Crippen molar-refractivity contribution < 1.29 is 4.74 Å². The lowest BCUT2D eigenvalue weighted by molar-refractivity contribution is 0.244. The first-order chi connectivity index (χ1) is 17.5. The first-order valence-corrected chi connectivity index (χ1v) is 13.1. The molecule has 5 rings (SSSR count). The van der Waals surface area contributed by atoms with E-state index in [-0.39, 0.29) is 0 Å². The molecule has 1 aromatic heterocycles. The molecule has 2 aliphatic heterocycles. The Kier molecular flexibility index (Phi) is 7.24. The Morgan fingerprint density at radius 1 is 1.14 bits per heavy atom. The lowest BCUT2D eigenvalue weighted by Gasteiger charge is -2.37. The topological polar surface area (TPSA) is 68.5 Å². The van der Waals surface area contributed by atoms with E-state index in [1.165, 1.54) is 27.6 Å². The van der Waals surface area contributed by atoms with Gasteiger partial charge in [0.2, 0.25) is 0 Å². The number of hydrogen-bond acceptors (Lipinski definition) is 7. The predicted octanol–water partition coefficient (Wildman–Crippen LogP) is 4.57. The molecule has 0 radical (unpaired) electrons. The van der Waals surface area contributed by atoms with Crippen molar-refractivity contribution in [3.05, 3.63) is 53.2 Å². The number of hydrogen-bond donors (Lipinski definition) is 0. The predicted molar refractivity (Wildman–Crippen MR) is 145 cm³/mol. The molecule has 0 unspecified atom stereocenters. The Morgan fingerprint density at radius 2 is 2.00 bits per heavy atom. The fourth-order valence-electron chi connectivity index (χ4n) is 5.49. The summed E-state index contributed by atoms with van der Waals surface area (Å²) >= 11 is 0. The van der Waals surface area contributed by atoms with Crippen LogP contribution in [0.25, 0.3) is 10.8 Å². The summed E-state index contributed by atoms with van der Waals surface area (Å²) < 4.78 is 6.06. The van der Waals surface area contributed by atoms with Crippen LogP contribution in [0, 0.1) is 24.2 Å². The van der Waals surface area contributed by atoms with E-state index in [1.54, 1.807) is 0 Å². The fraction of sp³-hybridized carbons (Fsp3) is 0.483. The van der Waals surface area contributed by atoms with Gasteiger partial charge < -0.3 is 19.4 Å². The van der Waals surface area contributed by atoms with E-state index in [9.17, 15) is 5.26 Å². The molecular formula is C29H36N6O. The van der Waals surface area contributed by atoms with E-state index in [4.69, 9.17) is 14.7 Å². The molecule has 1 saturated heterocycles. The van der Waals surface area contributed by atoms with Gasteiger partial charge in [0.25, 0.3) is 0 Å². The summed E-state index contributed by atoms with van der Waals surface area (Å²) in [7, 11) is 4.07. The van der Waals surface area contributed by atoms with Gasteiger partial charge >= 0.3 is 6.01 Å². The minimum Gasteiger partial charge on any atom is -0.462 e. The molecule has 3 aromatic rings. The Balaban J connectivity index is 1.49. The van der Waals surface area contributed by atoms with Gasteiger partial charge in [-0.1, -0.05) is 30.3 Å². The zero-order valence-electron chi connectivity index (χ0n) is 21.7. The Morgan fingerprint density at radius 3 is 2.83 bits per heavy atom. The van der Waals surface area contributed by atoms with Crippen LogP contribution in [-0.2, 0) is 13.0 Å². The Bertz CT molecular complexity index is 1270. The Labute approximate surface area is 214 Å². The number of likely N-dealkylation sites (N-methyl/N-ethyl adjacent to an activating group) is 1. The minimum absolute atomic E-state index is 0.395. The van der Waals surface area contributed by atoms with Crippen LogP contribution in [-0.4, -0.2) is 61.7 Å². The molecule has 0 spiro atoms. The third-order valence-corrected chi connectivity index (χ3v) is 7.32. The smallest absolute Gasteiger partial charge is 0.318 e. The summed E-state index contributed by atoms with van der Waals surface area (Å²) in [6, 6.07) is 16.0. The van der Waals surface area contributed by atoms with E-state index in [0.717, 1.165) is 63.5 Å². The van der Waals surface area contributed by atoms with Gasteiger partial charge in [-0.3, -0.25) is 0 Å². The van der Waals surface area contributed by atoms with Crippen molar-refractivity contribution in [2.45, 2.75) is 39.2 Å². The van der Waals surface area contributed by atoms with Crippen LogP contribution in [0.2, 0.25) is 0 Å². The maximum Gasteiger partial charge on any atom is 0.318 e. The van der Waals surface area contributed by atoms with E-state index in [1.807, 2.05) is 14.1 Å². The Hall–Kier alpha value is -3.37. The summed E-state index contributed by atoms with van der Waals surface area (Å²) in [5, 5.41) is 11.8. The number of aryl methyl sites for hydroxylation is 1. The van der Waals surface area contributed by atoms with Crippen molar-refractivity contribution in [1.82, 2.24) is 14.9 Å². The number of aromatic nitrogens is 2. The number of nitriles is 1. The molecule has 36 heavy (non-hydrogen) atoms. The van der Waals surface area contributed by atoms with Gasteiger partial charge in [-0.2, -0.15) is 15.2 Å². The average Bonchev–Trinajstić information content (AvgIpc) is 2.87. The molecule has 0 aliphatic carbocycles. The van der Waals surface area contributed by atoms with Crippen LogP contribution in [0.4, 0.5) is 11.5 Å². The summed E-state index contributed by atoms with van der Waals surface area (Å²) in [5.74, 6) is 1.41. The number of nitrogens with zero attached hydrogens (tertiary/aromatic N) is 6. The van der Waals surface area contributed by atoms with Crippen molar-refractivity contribution in [3.63, 3.8) is 0 Å². The van der Waals surface area contributed by atoms with E-state index >= 15 is 0 Å². The normalized spacial score (nSPS) is 17.8. The number of piperidine rings is 1. The second kappa shape index (κ2) is 10.7. The lowest BCUT2D eigenvalue weighted by atomic mass is 9.94. The van der Waals surface area contributed by atoms with Crippen LogP contribution in [0.5, 0.6) is 6.01 Å². The summed E-state index contributed by atoms with van der Waals surface area (Å²) in [6.07, 6.45) is 3.69. The van der Waals surface area contributed by atoms with Gasteiger partial charge in [0.15, 0.2) is 0 Å². The van der Waals surface area contributed by atoms with Crippen molar-refractivity contribution in [2.75, 3.05) is 56.7 Å². The van der Waals surface area contributed by atoms with Crippen molar-refractivity contribution >= 4 is 22.3 Å². The molecular weight excluding hydrogens is 448 g/mol. The molecule has 0 N–H and O–H groups in total. The number of fused-ring (bicyclic) bond motifs is 2. The standard InChI is InChI=1S/C29H36N6O/c1-21-17-23-8-4-5-9-24(23)27(18-21)34-14-11-25-26(20-34)31-29(36-16-15-33(2)3)32-28(25)35-13-6-7-22(19-35)10-12-30/h4-5,8-9,17-18,22H,6-7,10-11,13-16,19-20H2,1-3H3/t22-/m0/s1. The van der Waals surface area contributed by atoms with Crippen LogP contribution in [0.15, 0.2) is 36.4 Å². The highest BCUT2D eigenvalue weighted by Crippen LogP contribution is 2.36. The van der Waals surface area contributed by atoms with Crippen LogP contribution in [0.3, 0.4) is 0 Å². The number of anilines is 2. The van der Waals surface area contributed by atoms with Gasteiger partial charge in [0.1, 0.15) is 12.4 Å². The van der Waals surface area contributed by atoms with Gasteiger partial charge in [-0.15, -0.1) is 0 Å². The molecule has 7 heteroatoms. The summed E-state index contributed by atoms with van der Waals surface area (Å²) in [4.78, 5) is 16.8. The fourth-order valence-corrected chi connectivity index (χ4v) is 5.49. The van der Waals surface area contributed by atoms with Crippen molar-refractivity contribution in [3.8, 4) is 12.1 Å². The van der Waals surface area contributed by atoms with Gasteiger partial charge in [-0.25, -0.2) is 0 Å². The summed E-state index contributed by atoms with van der Waals surface area (Å²) in [6.45, 7) is 7.03. The van der Waals surface area contributed by atoms with E-state index < -0.39 is 0 Å². The second-order valence-electron chi connectivity index (χ2n) is 10.4. The molecule has 2 aliphatic rings. The third kappa shape index (κ3) is 5.24. The number of rotatable bonds is 7. The first-order valence-electron chi connectivity index (χ1n) is 13.1. The quantitative estimate of drug-likeness (QED) is 0.486. The van der Waals surface area contributed by atoms with Gasteiger partial charge in [0.05, 0.1) is 18.3 Å². The molecule has 7 nitrogen and oxygen atoms in total. The van der Waals surface area contributed by atoms with Crippen LogP contribution >= 0.6 is 0 Å². The maximum atomic E-state index is 9.26. The molecule has 0 bridgehead atoms. The van der Waals surface area contributed by atoms with Gasteiger partial charge in [0, 0.05) is 49.2 Å². The molecule has 2 aromatic carbocycles. The second-order valence-corrected chi connectivity index (χ2v) is 10.4. The van der Waals surface area contributed by atoms with E-state index in [2.05, 4.69) is 64.1 Å². The molecule has 0 amide bonds. The van der Waals surface area contributed by atoms with E-state index in [0.29, 0.717) is 25.0 Å². The van der Waals surface area contributed by atoms with Crippen molar-refractivity contribution in [2.24, 2.45) is 5.92 Å². The molecule has 1 atom stereocenters. The molecule has 3 heterocycles. The zero-order chi connectivity index (χ0) is 25.1. The maximum absolute atomic E-state index is 9.26. The van der Waals surface area contributed by atoms with Gasteiger partial charge in [-0.05, 0) is 63.2 Å². The molecule has 188 valence electrons. The number of ether oxygens (including phenoxy) is 1. The number of benzene rings is 2. The average molecular weight is 485 g/mol. The minimum atomic E-state index is 0.395. The highest BCUT2D eigenvalue weighted by atomic mass is 16.5. The highest BCUT2D eigenvalue weighted by Gasteiger charge is 2.29. The molecule has 0 saturated carbocycles. The monoisotopic (exact) mass is 484 g/mol.